The predicted molar refractivity (Wildman–Crippen MR) is 321 cm³/mol. The average Bonchev–Trinajstić information content (AvgIpc) is 3.50. The fourth-order valence-corrected chi connectivity index (χ4v) is 10.1. The number of hydrogen-bond donors (Lipinski definition) is 6. The largest absolute Gasteiger partial charge is 0.317 e. The number of piperidine rings is 2. The van der Waals surface area contributed by atoms with Crippen molar-refractivity contribution in [1.29, 1.82) is 0 Å². The van der Waals surface area contributed by atoms with Crippen molar-refractivity contribution < 1.29 is 0 Å². The lowest BCUT2D eigenvalue weighted by Gasteiger charge is -2.34. The molecule has 0 aromatic carbocycles. The third-order valence-electron chi connectivity index (χ3n) is 15.6. The molecular weight excluding hydrogens is 865 g/mol. The fourth-order valence-electron chi connectivity index (χ4n) is 10.1. The summed E-state index contributed by atoms with van der Waals surface area (Å²) < 4.78 is 0. The second-order valence-corrected chi connectivity index (χ2v) is 29.1. The van der Waals surface area contributed by atoms with Gasteiger partial charge in [0.1, 0.15) is 0 Å². The van der Waals surface area contributed by atoms with Crippen LogP contribution in [0.2, 0.25) is 0 Å². The van der Waals surface area contributed by atoms with Crippen molar-refractivity contribution in [1.82, 2.24) is 31.9 Å². The maximum absolute atomic E-state index is 3.44. The maximum atomic E-state index is 3.44. The van der Waals surface area contributed by atoms with Gasteiger partial charge in [-0.15, -0.1) is 0 Å². The van der Waals surface area contributed by atoms with Crippen LogP contribution in [0, 0.1) is 49.7 Å². The molecule has 0 spiro atoms. The van der Waals surface area contributed by atoms with E-state index in [9.17, 15) is 0 Å². The lowest BCUT2D eigenvalue weighted by molar-refractivity contribution is 0.188. The molecule has 6 nitrogen and oxygen atoms in total. The Morgan fingerprint density at radius 2 is 0.718 bits per heavy atom. The Morgan fingerprint density at radius 1 is 0.310 bits per heavy atom. The first-order valence-electron chi connectivity index (χ1n) is 29.5. The summed E-state index contributed by atoms with van der Waals surface area (Å²) in [6.45, 7) is 62.2. The van der Waals surface area contributed by atoms with E-state index >= 15 is 0 Å². The molecule has 2 saturated heterocycles. The molecule has 6 aliphatic heterocycles. The first-order valence-corrected chi connectivity index (χ1v) is 29.5. The zero-order valence-electron chi connectivity index (χ0n) is 51.7. The highest BCUT2D eigenvalue weighted by Gasteiger charge is 2.27. The molecule has 0 radical (unpaired) electrons. The molecule has 0 saturated carbocycles. The van der Waals surface area contributed by atoms with Crippen molar-refractivity contribution in [2.45, 2.75) is 229 Å². The highest BCUT2D eigenvalue weighted by atomic mass is 14.9. The summed E-state index contributed by atoms with van der Waals surface area (Å²) >= 11 is 0. The smallest absolute Gasteiger partial charge is 0.0173 e. The van der Waals surface area contributed by atoms with E-state index in [2.05, 4.69) is 208 Å². The van der Waals surface area contributed by atoms with Gasteiger partial charge in [-0.3, -0.25) is 0 Å². The number of nitrogens with one attached hydrogen (secondary N) is 6. The highest BCUT2D eigenvalue weighted by Crippen LogP contribution is 2.35. The van der Waals surface area contributed by atoms with Crippen LogP contribution in [-0.4, -0.2) is 78.5 Å². The second-order valence-electron chi connectivity index (χ2n) is 29.1. The minimum atomic E-state index is 0.378. The number of allylic oxidation sites excluding steroid dienone is 3. The van der Waals surface area contributed by atoms with Gasteiger partial charge in [-0.25, -0.2) is 0 Å². The van der Waals surface area contributed by atoms with Crippen LogP contribution in [0.3, 0.4) is 0 Å². The van der Waals surface area contributed by atoms with Gasteiger partial charge in [-0.1, -0.05) is 204 Å². The molecule has 2 fully saturated rings. The Balaban J connectivity index is 0.000000414. The minimum Gasteiger partial charge on any atom is -0.317 e. The van der Waals surface area contributed by atoms with Crippen LogP contribution < -0.4 is 31.9 Å². The van der Waals surface area contributed by atoms with Crippen molar-refractivity contribution in [2.24, 2.45) is 49.7 Å². The van der Waals surface area contributed by atoms with E-state index in [0.717, 1.165) is 57.6 Å². The fraction of sp³-hybridized carbons (Fsp3) is 0.846. The molecular formula is C65H126N6. The van der Waals surface area contributed by atoms with Crippen molar-refractivity contribution in [3.8, 4) is 0 Å². The lowest BCUT2D eigenvalue weighted by Crippen LogP contribution is -2.36. The minimum absolute atomic E-state index is 0.378. The van der Waals surface area contributed by atoms with Gasteiger partial charge in [0.15, 0.2) is 0 Å². The molecule has 1 unspecified atom stereocenters. The summed E-state index contributed by atoms with van der Waals surface area (Å²) in [5.41, 5.74) is 11.0. The van der Waals surface area contributed by atoms with Crippen LogP contribution in [0.15, 0.2) is 58.2 Å². The molecule has 416 valence electrons. The Morgan fingerprint density at radius 3 is 1.10 bits per heavy atom. The monoisotopic (exact) mass is 991 g/mol. The van der Waals surface area contributed by atoms with Gasteiger partial charge >= 0.3 is 0 Å². The zero-order chi connectivity index (χ0) is 54.0. The molecule has 7 rings (SSSR count). The van der Waals surface area contributed by atoms with E-state index in [1.54, 1.807) is 27.9 Å². The van der Waals surface area contributed by atoms with Gasteiger partial charge in [-0.2, -0.15) is 0 Å². The highest BCUT2D eigenvalue weighted by molar-refractivity contribution is 5.18. The SMILES string of the molecule is CC(C)(C)C1=CCCCC1.CC(C)(C)C1=CCCNCC1.CC(C)(C)C1=CCNC1.CC(C)(C)C1=CCNCC1.CC(C)(C)C1=CCNCCC1.CC(C)(C)C1CCCNC1.CC(C)(C)C1CCNCC1. The first-order chi connectivity index (χ1) is 32.7. The third kappa shape index (κ3) is 31.8. The van der Waals surface area contributed by atoms with Crippen molar-refractivity contribution >= 4 is 0 Å². The van der Waals surface area contributed by atoms with Gasteiger partial charge < -0.3 is 31.9 Å². The molecule has 0 amide bonds. The topological polar surface area (TPSA) is 72.2 Å². The Hall–Kier alpha value is -1.54. The first kappa shape index (κ1) is 67.5. The number of hydrogen-bond acceptors (Lipinski definition) is 6. The summed E-state index contributed by atoms with van der Waals surface area (Å²) in [5.74, 6) is 1.83. The summed E-state index contributed by atoms with van der Waals surface area (Å²) in [7, 11) is 0. The Bertz CT molecular complexity index is 1460. The van der Waals surface area contributed by atoms with Gasteiger partial charge in [0.25, 0.3) is 0 Å². The quantitative estimate of drug-likeness (QED) is 0.136. The summed E-state index contributed by atoms with van der Waals surface area (Å²) in [4.78, 5) is 0. The van der Waals surface area contributed by atoms with Gasteiger partial charge in [0.05, 0.1) is 0 Å². The van der Waals surface area contributed by atoms with Crippen LogP contribution >= 0.6 is 0 Å². The molecule has 71 heavy (non-hydrogen) atoms. The van der Waals surface area contributed by atoms with E-state index in [0.29, 0.717) is 37.9 Å². The molecule has 6 heteroatoms. The summed E-state index contributed by atoms with van der Waals surface area (Å²) in [6, 6.07) is 0. The Kier molecular flexibility index (Phi) is 31.2. The standard InChI is InChI=1S/2C10H19N.C10H18.C9H19N.C9H17N.C9H19N.C8H15N/c2*1-10(2,3)9-5-4-7-11-8-6-9;1-10(2,3)9-7-5-4-6-8-9;2*1-9(2,3)8-4-6-10-7-5-8;1-9(2,3)8-5-4-6-10-7-8;1-8(2,3)7-4-5-9-6-7/h6,11H,4-5,7-8H2,1-3H3;5,11H,4,6-8H2,1-3H3;7H,4-6,8H2,1-3H3;8,10H,4-7H2,1-3H3;4,10H,5-7H2,1-3H3;8,10H,4-7H2,1-3H3;4,9H,5-6H2,1-3H3. The van der Waals surface area contributed by atoms with E-state index < -0.39 is 0 Å². The van der Waals surface area contributed by atoms with Crippen molar-refractivity contribution in [3.63, 3.8) is 0 Å². The van der Waals surface area contributed by atoms with Crippen LogP contribution in [0.1, 0.15) is 229 Å². The molecule has 0 aromatic rings. The lowest BCUT2D eigenvalue weighted by atomic mass is 9.76. The van der Waals surface area contributed by atoms with Gasteiger partial charge in [0, 0.05) is 26.2 Å². The Labute approximate surface area is 445 Å². The van der Waals surface area contributed by atoms with E-state index in [1.807, 2.05) is 0 Å². The summed E-state index contributed by atoms with van der Waals surface area (Å²) in [6.07, 6.45) is 29.0. The van der Waals surface area contributed by atoms with Gasteiger partial charge in [-0.05, 0) is 186 Å². The molecule has 1 aliphatic carbocycles. The zero-order valence-corrected chi connectivity index (χ0v) is 51.7. The van der Waals surface area contributed by atoms with E-state index in [4.69, 9.17) is 0 Å². The molecule has 0 aromatic heterocycles. The average molecular weight is 992 g/mol. The maximum Gasteiger partial charge on any atom is 0.0173 e. The van der Waals surface area contributed by atoms with Crippen LogP contribution in [0.25, 0.3) is 0 Å². The second kappa shape index (κ2) is 32.8. The van der Waals surface area contributed by atoms with E-state index in [1.165, 1.54) is 116 Å². The predicted octanol–water partition coefficient (Wildman–Crippen LogP) is 15.8. The van der Waals surface area contributed by atoms with Crippen LogP contribution in [0.5, 0.6) is 0 Å². The molecule has 6 N–H and O–H groups in total. The number of rotatable bonds is 0. The molecule has 6 heterocycles. The molecule has 1 atom stereocenters. The molecule has 0 bridgehead atoms. The van der Waals surface area contributed by atoms with Crippen LogP contribution in [-0.2, 0) is 0 Å². The van der Waals surface area contributed by atoms with Crippen LogP contribution in [0.4, 0.5) is 0 Å². The molecule has 7 aliphatic rings. The van der Waals surface area contributed by atoms with Gasteiger partial charge in [0.2, 0.25) is 0 Å². The summed E-state index contributed by atoms with van der Waals surface area (Å²) in [5, 5.41) is 20.2. The van der Waals surface area contributed by atoms with Crippen molar-refractivity contribution in [3.05, 3.63) is 58.2 Å². The third-order valence-corrected chi connectivity index (χ3v) is 15.6. The van der Waals surface area contributed by atoms with E-state index in [-0.39, 0.29) is 0 Å². The van der Waals surface area contributed by atoms with Crippen molar-refractivity contribution in [2.75, 3.05) is 78.5 Å². The normalized spacial score (nSPS) is 22.0.